The van der Waals surface area contributed by atoms with Crippen LogP contribution in [0.3, 0.4) is 0 Å². The second-order valence-electron chi connectivity index (χ2n) is 13.0. The fraction of sp³-hybridized carbons (Fsp3) is 0.690. The van der Waals surface area contributed by atoms with Gasteiger partial charge >= 0.3 is 5.97 Å². The molecule has 2 bridgehead atoms. The predicted octanol–water partition coefficient (Wildman–Crippen LogP) is 3.72. The fourth-order valence-corrected chi connectivity index (χ4v) is 9.16. The van der Waals surface area contributed by atoms with Crippen molar-refractivity contribution in [2.45, 2.75) is 95.6 Å². The van der Waals surface area contributed by atoms with Crippen molar-refractivity contribution in [3.05, 3.63) is 35.9 Å². The molecule has 202 valence electrons. The molecule has 10 atom stereocenters. The molecule has 1 aliphatic heterocycles. The van der Waals surface area contributed by atoms with Crippen molar-refractivity contribution >= 4 is 5.97 Å². The van der Waals surface area contributed by atoms with Crippen molar-refractivity contribution in [2.24, 2.45) is 28.6 Å². The number of phenols is 2. The average molecular weight is 515 g/mol. The Morgan fingerprint density at radius 3 is 2.54 bits per heavy atom. The average Bonchev–Trinajstić information content (AvgIpc) is 3.28. The van der Waals surface area contributed by atoms with Gasteiger partial charge < -0.3 is 34.6 Å². The van der Waals surface area contributed by atoms with E-state index in [2.05, 4.69) is 6.58 Å². The van der Waals surface area contributed by atoms with Crippen LogP contribution in [0.1, 0.15) is 71.7 Å². The van der Waals surface area contributed by atoms with Gasteiger partial charge in [0.05, 0.1) is 17.8 Å². The predicted molar refractivity (Wildman–Crippen MR) is 132 cm³/mol. The number of benzene rings is 1. The first-order valence-electron chi connectivity index (χ1n) is 13.4. The molecule has 1 heterocycles. The molecule has 4 N–H and O–H groups in total. The monoisotopic (exact) mass is 514 g/mol. The van der Waals surface area contributed by atoms with E-state index in [1.807, 2.05) is 20.8 Å². The SMILES string of the molecule is C=C1[C@@H]2CC[C@@H]3[C@@H](OC(C)=O)[C@@]2(C[C@H]2O[C@@H](c4ccc(O)c(O)c4)O[C@@]24[C@H]1C[C@H](O)C4(C)C)C[C@@]3(C)O. The molecule has 8 heteroatoms. The van der Waals surface area contributed by atoms with E-state index in [-0.39, 0.29) is 35.2 Å². The van der Waals surface area contributed by atoms with Gasteiger partial charge in [0, 0.05) is 35.2 Å². The topological polar surface area (TPSA) is 126 Å². The summed E-state index contributed by atoms with van der Waals surface area (Å²) in [6.07, 6.45) is 0.525. The molecule has 5 fully saturated rings. The number of esters is 1. The number of aliphatic hydroxyl groups is 2. The summed E-state index contributed by atoms with van der Waals surface area (Å²) >= 11 is 0. The van der Waals surface area contributed by atoms with Crippen LogP contribution in [-0.4, -0.2) is 55.9 Å². The second kappa shape index (κ2) is 7.72. The Labute approximate surface area is 217 Å². The van der Waals surface area contributed by atoms with Crippen LogP contribution in [0.5, 0.6) is 11.5 Å². The first kappa shape index (κ1) is 25.2. The van der Waals surface area contributed by atoms with E-state index in [4.69, 9.17) is 14.2 Å². The number of hydrogen-bond donors (Lipinski definition) is 4. The molecule has 4 aliphatic carbocycles. The lowest BCUT2D eigenvalue weighted by Gasteiger charge is -2.47. The number of carbonyl (C=O) groups excluding carboxylic acids is 1. The van der Waals surface area contributed by atoms with Crippen molar-refractivity contribution in [1.82, 2.24) is 0 Å². The normalized spacial score (nSPS) is 47.6. The van der Waals surface area contributed by atoms with Gasteiger partial charge in [-0.25, -0.2) is 0 Å². The van der Waals surface area contributed by atoms with Crippen molar-refractivity contribution in [2.75, 3.05) is 0 Å². The molecule has 8 nitrogen and oxygen atoms in total. The van der Waals surface area contributed by atoms with Gasteiger partial charge in [-0.2, -0.15) is 0 Å². The summed E-state index contributed by atoms with van der Waals surface area (Å²) in [4.78, 5) is 12.3. The molecule has 0 unspecified atom stereocenters. The van der Waals surface area contributed by atoms with Gasteiger partial charge in [-0.1, -0.05) is 32.1 Å². The van der Waals surface area contributed by atoms with Crippen molar-refractivity contribution in [3.8, 4) is 11.5 Å². The third kappa shape index (κ3) is 3.13. The van der Waals surface area contributed by atoms with Gasteiger partial charge in [0.2, 0.25) is 0 Å². The van der Waals surface area contributed by atoms with Gasteiger partial charge in [0.15, 0.2) is 17.8 Å². The Balaban J connectivity index is 1.50. The molecule has 1 saturated heterocycles. The van der Waals surface area contributed by atoms with Gasteiger partial charge in [-0.3, -0.25) is 4.79 Å². The third-order valence-electron chi connectivity index (χ3n) is 10.8. The lowest BCUT2D eigenvalue weighted by molar-refractivity contribution is -0.165. The van der Waals surface area contributed by atoms with E-state index >= 15 is 0 Å². The van der Waals surface area contributed by atoms with Crippen LogP contribution in [0.4, 0.5) is 0 Å². The zero-order valence-electron chi connectivity index (χ0n) is 21.9. The Bertz CT molecular complexity index is 1160. The molecule has 37 heavy (non-hydrogen) atoms. The van der Waals surface area contributed by atoms with Gasteiger partial charge in [-0.05, 0) is 57.1 Å². The van der Waals surface area contributed by atoms with Gasteiger partial charge in [-0.15, -0.1) is 0 Å². The number of ether oxygens (including phenoxy) is 3. The van der Waals surface area contributed by atoms with E-state index in [0.717, 1.165) is 18.4 Å². The zero-order chi connectivity index (χ0) is 26.7. The Morgan fingerprint density at radius 1 is 1.14 bits per heavy atom. The van der Waals surface area contributed by atoms with E-state index in [1.165, 1.54) is 19.1 Å². The Hall–Kier alpha value is -2.13. The molecule has 4 saturated carbocycles. The number of hydrogen-bond acceptors (Lipinski definition) is 8. The smallest absolute Gasteiger partial charge is 0.302 e. The number of fused-ring (bicyclic) bond motifs is 1. The molecule has 6 rings (SSSR count). The minimum absolute atomic E-state index is 0.0148. The lowest BCUT2D eigenvalue weighted by Crippen LogP contribution is -2.55. The van der Waals surface area contributed by atoms with Crippen LogP contribution >= 0.6 is 0 Å². The summed E-state index contributed by atoms with van der Waals surface area (Å²) in [5.41, 5.74) is -1.66. The number of carbonyl (C=O) groups is 1. The minimum atomic E-state index is -1.00. The standard InChI is InChI=1S/C29H38O8/c1-14-17-7-8-18-24(35-15(2)30)28(17,13-27(18,5)34)12-23-29(19(14)11-22(33)26(29,3)4)37-25(36-23)16-6-9-20(31)21(32)10-16/h6,9-10,17-19,22-25,31-34H,1,7-8,11-13H2,2-5H3/t17-,18+,19-,22-,23+,24+,25+,27+,28-,29-/m0/s1. The number of phenolic OH excluding ortho intramolecular Hbond substituents is 2. The molecule has 1 aromatic carbocycles. The summed E-state index contributed by atoms with van der Waals surface area (Å²) in [5, 5.41) is 42.8. The highest BCUT2D eigenvalue weighted by Gasteiger charge is 2.76. The van der Waals surface area contributed by atoms with E-state index in [1.54, 1.807) is 6.07 Å². The molecule has 0 aromatic heterocycles. The molecule has 1 aromatic rings. The van der Waals surface area contributed by atoms with Crippen LogP contribution in [0.25, 0.3) is 0 Å². The summed E-state index contributed by atoms with van der Waals surface area (Å²) < 4.78 is 19.6. The second-order valence-corrected chi connectivity index (χ2v) is 13.0. The summed E-state index contributed by atoms with van der Waals surface area (Å²) in [5.74, 6) is -1.27. The van der Waals surface area contributed by atoms with Crippen LogP contribution < -0.4 is 0 Å². The van der Waals surface area contributed by atoms with Crippen LogP contribution in [0.2, 0.25) is 0 Å². The van der Waals surface area contributed by atoms with Gasteiger partial charge in [0.25, 0.3) is 0 Å². The molecule has 5 aliphatic rings. The van der Waals surface area contributed by atoms with Crippen molar-refractivity contribution in [1.29, 1.82) is 0 Å². The largest absolute Gasteiger partial charge is 0.504 e. The first-order chi connectivity index (χ1) is 17.2. The third-order valence-corrected chi connectivity index (χ3v) is 10.8. The highest BCUT2D eigenvalue weighted by molar-refractivity contribution is 5.66. The van der Waals surface area contributed by atoms with E-state index < -0.39 is 46.6 Å². The summed E-state index contributed by atoms with van der Waals surface area (Å²) in [7, 11) is 0. The fourth-order valence-electron chi connectivity index (χ4n) is 9.16. The molecule has 2 spiro atoms. The van der Waals surface area contributed by atoms with Crippen LogP contribution in [0, 0.1) is 28.6 Å². The molecule has 0 amide bonds. The number of rotatable bonds is 2. The first-order valence-corrected chi connectivity index (χ1v) is 13.4. The minimum Gasteiger partial charge on any atom is -0.504 e. The quantitative estimate of drug-likeness (QED) is 0.267. The van der Waals surface area contributed by atoms with Gasteiger partial charge in [0.1, 0.15) is 11.7 Å². The number of aromatic hydroxyl groups is 2. The van der Waals surface area contributed by atoms with Crippen molar-refractivity contribution in [3.63, 3.8) is 0 Å². The summed E-state index contributed by atoms with van der Waals surface area (Å²) in [6, 6.07) is 4.49. The van der Waals surface area contributed by atoms with E-state index in [0.29, 0.717) is 24.8 Å². The summed E-state index contributed by atoms with van der Waals surface area (Å²) in [6.45, 7) is 11.9. The highest BCUT2D eigenvalue weighted by atomic mass is 16.7. The highest BCUT2D eigenvalue weighted by Crippen LogP contribution is 2.72. The Kier molecular flexibility index (Phi) is 5.25. The molecular weight excluding hydrogens is 476 g/mol. The molecule has 0 radical (unpaired) electrons. The van der Waals surface area contributed by atoms with E-state index in [9.17, 15) is 25.2 Å². The Morgan fingerprint density at radius 2 is 1.86 bits per heavy atom. The maximum atomic E-state index is 12.3. The molecular formula is C29H38O8. The van der Waals surface area contributed by atoms with Crippen molar-refractivity contribution < 1.29 is 39.4 Å². The van der Waals surface area contributed by atoms with Crippen LogP contribution in [0.15, 0.2) is 30.4 Å². The maximum Gasteiger partial charge on any atom is 0.302 e. The zero-order valence-corrected chi connectivity index (χ0v) is 21.9. The number of aliphatic hydroxyl groups excluding tert-OH is 1. The maximum absolute atomic E-state index is 12.3. The lowest BCUT2D eigenvalue weighted by atomic mass is 9.61. The van der Waals surface area contributed by atoms with Crippen LogP contribution in [-0.2, 0) is 19.0 Å².